The van der Waals surface area contributed by atoms with Gasteiger partial charge in [0, 0.05) is 42.0 Å². The van der Waals surface area contributed by atoms with Crippen LogP contribution < -0.4 is 14.4 Å². The third-order valence-electron chi connectivity index (χ3n) is 6.98. The number of fused-ring (bicyclic) bond motifs is 6. The summed E-state index contributed by atoms with van der Waals surface area (Å²) >= 11 is 0. The number of nitro groups is 1. The van der Waals surface area contributed by atoms with Crippen LogP contribution in [0.3, 0.4) is 0 Å². The van der Waals surface area contributed by atoms with Crippen LogP contribution >= 0.6 is 0 Å². The number of rotatable bonds is 6. The van der Waals surface area contributed by atoms with Crippen LogP contribution in [0.15, 0.2) is 59.6 Å². The molecule has 0 aliphatic carbocycles. The van der Waals surface area contributed by atoms with Gasteiger partial charge in [-0.15, -0.1) is 0 Å². The van der Waals surface area contributed by atoms with Crippen molar-refractivity contribution in [3.63, 3.8) is 0 Å². The van der Waals surface area contributed by atoms with Gasteiger partial charge in [-0.3, -0.25) is 14.7 Å². The van der Waals surface area contributed by atoms with Crippen LogP contribution in [-0.2, 0) is 0 Å². The van der Waals surface area contributed by atoms with Crippen LogP contribution in [0.4, 0.5) is 11.4 Å². The Morgan fingerprint density at radius 2 is 1.95 bits per heavy atom. The van der Waals surface area contributed by atoms with Gasteiger partial charge in [0.15, 0.2) is 11.9 Å². The zero-order valence-electron chi connectivity index (χ0n) is 21.1. The third kappa shape index (κ3) is 3.56. The van der Waals surface area contributed by atoms with Crippen molar-refractivity contribution in [2.45, 2.75) is 20.0 Å². The number of hydrogen-bond donors (Lipinski definition) is 1. The molecule has 2 aliphatic heterocycles. The number of nitrogens with zero attached hydrogens (tertiary/aromatic N) is 5. The highest BCUT2D eigenvalue weighted by molar-refractivity contribution is 6.27. The largest absolute Gasteiger partial charge is 0.500 e. The smallest absolute Gasteiger partial charge is 0.315 e. The van der Waals surface area contributed by atoms with Gasteiger partial charge in [0.1, 0.15) is 11.6 Å². The Hall–Kier alpha value is -4.86. The summed E-state index contributed by atoms with van der Waals surface area (Å²) in [6, 6.07) is 16.6. The van der Waals surface area contributed by atoms with Crippen LogP contribution in [0.2, 0.25) is 0 Å². The number of aromatic hydroxyl groups is 1. The molecule has 0 saturated carbocycles. The van der Waals surface area contributed by atoms with Gasteiger partial charge in [-0.25, -0.2) is 9.98 Å². The first kappa shape index (κ1) is 23.5. The van der Waals surface area contributed by atoms with Crippen molar-refractivity contribution in [2.24, 2.45) is 4.99 Å². The van der Waals surface area contributed by atoms with E-state index in [-0.39, 0.29) is 5.75 Å². The Morgan fingerprint density at radius 3 is 2.68 bits per heavy atom. The lowest BCUT2D eigenvalue weighted by atomic mass is 10.0. The third-order valence-corrected chi connectivity index (χ3v) is 6.98. The first-order valence-electron chi connectivity index (χ1n) is 12.3. The molecule has 1 unspecified atom stereocenters. The zero-order chi connectivity index (χ0) is 26.6. The van der Waals surface area contributed by atoms with E-state index in [1.807, 2.05) is 47.0 Å². The molecule has 10 nitrogen and oxygen atoms in total. The van der Waals surface area contributed by atoms with Crippen molar-refractivity contribution in [1.29, 1.82) is 0 Å². The van der Waals surface area contributed by atoms with Gasteiger partial charge in [-0.2, -0.15) is 0 Å². The Bertz CT molecular complexity index is 1670. The summed E-state index contributed by atoms with van der Waals surface area (Å²) in [5, 5.41) is 22.1. The van der Waals surface area contributed by atoms with Crippen LogP contribution in [-0.4, -0.2) is 45.7 Å². The maximum Gasteiger partial charge on any atom is 0.315 e. The Morgan fingerprint density at radius 1 is 1.16 bits per heavy atom. The molecule has 0 saturated heterocycles. The number of hydrogen-bond acceptors (Lipinski definition) is 8. The van der Waals surface area contributed by atoms with Gasteiger partial charge < -0.3 is 19.5 Å². The molecule has 3 aromatic carbocycles. The summed E-state index contributed by atoms with van der Waals surface area (Å²) in [6.45, 7) is 5.94. The minimum Gasteiger partial charge on any atom is -0.500 e. The fraction of sp³-hybridized carbons (Fsp3) is 0.214. The van der Waals surface area contributed by atoms with Crippen LogP contribution in [0, 0.1) is 10.1 Å². The molecule has 192 valence electrons. The highest BCUT2D eigenvalue weighted by atomic mass is 16.6. The number of aliphatic imine (C=N–C) groups is 1. The Kier molecular flexibility index (Phi) is 5.52. The van der Waals surface area contributed by atoms with E-state index in [0.717, 1.165) is 40.9 Å². The van der Waals surface area contributed by atoms with Crippen molar-refractivity contribution in [1.82, 2.24) is 9.55 Å². The summed E-state index contributed by atoms with van der Waals surface area (Å²) < 4.78 is 13.6. The van der Waals surface area contributed by atoms with Crippen molar-refractivity contribution < 1.29 is 19.5 Å². The average Bonchev–Trinajstić information content (AvgIpc) is 3.32. The van der Waals surface area contributed by atoms with E-state index < -0.39 is 22.5 Å². The van der Waals surface area contributed by atoms with Crippen LogP contribution in [0.5, 0.6) is 17.2 Å². The number of benzene rings is 3. The van der Waals surface area contributed by atoms with Gasteiger partial charge in [-0.05, 0) is 50.3 Å². The molecule has 1 aromatic heterocycles. The van der Waals surface area contributed by atoms with E-state index in [1.54, 1.807) is 6.07 Å². The maximum atomic E-state index is 11.7. The highest BCUT2D eigenvalue weighted by Gasteiger charge is 2.35. The first-order valence-corrected chi connectivity index (χ1v) is 12.3. The predicted molar refractivity (Wildman–Crippen MR) is 145 cm³/mol. The molecule has 0 spiro atoms. The van der Waals surface area contributed by atoms with Gasteiger partial charge in [0.2, 0.25) is 11.6 Å². The van der Waals surface area contributed by atoms with Crippen molar-refractivity contribution in [2.75, 3.05) is 25.1 Å². The number of aromatic nitrogens is 2. The van der Waals surface area contributed by atoms with Crippen molar-refractivity contribution >= 4 is 40.0 Å². The maximum absolute atomic E-state index is 11.7. The fourth-order valence-corrected chi connectivity index (χ4v) is 5.08. The molecule has 0 fully saturated rings. The normalized spacial score (nSPS) is 15.5. The van der Waals surface area contributed by atoms with E-state index in [2.05, 4.69) is 24.8 Å². The second-order valence-corrected chi connectivity index (χ2v) is 9.00. The molecule has 10 heteroatoms. The van der Waals surface area contributed by atoms with E-state index in [1.165, 1.54) is 13.2 Å². The van der Waals surface area contributed by atoms with Gasteiger partial charge in [-0.1, -0.05) is 12.1 Å². The lowest BCUT2D eigenvalue weighted by Crippen LogP contribution is -2.27. The summed E-state index contributed by atoms with van der Waals surface area (Å²) in [7, 11) is 1.35. The molecule has 0 bridgehead atoms. The molecule has 6 rings (SSSR count). The molecule has 1 N–H and O–H groups in total. The zero-order valence-corrected chi connectivity index (χ0v) is 21.1. The lowest BCUT2D eigenvalue weighted by Gasteiger charge is -2.29. The SMILES string of the molecule is CCN(CC)c1ccc2c(c1)OC1=NC(c3cc(OC)c(O)c([N+](=O)[O-])c3)n3c(nc4ccccc43)C1=C2. The number of nitro benzene ring substituents is 1. The molecule has 0 radical (unpaired) electrons. The number of imidazole rings is 1. The van der Waals surface area contributed by atoms with Crippen molar-refractivity contribution in [3.8, 4) is 17.2 Å². The number of anilines is 1. The number of phenolic OH excluding ortho intramolecular Hbond substituents is 1. The summed E-state index contributed by atoms with van der Waals surface area (Å²) in [4.78, 5) is 23.1. The predicted octanol–water partition coefficient (Wildman–Crippen LogP) is 5.40. The molecule has 3 heterocycles. The molecular weight excluding hydrogens is 486 g/mol. The second kappa shape index (κ2) is 8.91. The molecule has 0 amide bonds. The minimum absolute atomic E-state index is 0.0134. The lowest BCUT2D eigenvalue weighted by molar-refractivity contribution is -0.386. The van der Waals surface area contributed by atoms with Gasteiger partial charge in [0.25, 0.3) is 0 Å². The average molecular weight is 512 g/mol. The van der Waals surface area contributed by atoms with Crippen molar-refractivity contribution in [3.05, 3.63) is 81.7 Å². The highest BCUT2D eigenvalue weighted by Crippen LogP contribution is 2.44. The minimum atomic E-state index is -0.745. The molecule has 1 atom stereocenters. The van der Waals surface area contributed by atoms with Crippen LogP contribution in [0.1, 0.15) is 37.0 Å². The van der Waals surface area contributed by atoms with E-state index in [4.69, 9.17) is 19.5 Å². The summed E-state index contributed by atoms with van der Waals surface area (Å²) in [5.74, 6) is 1.13. The number of methoxy groups -OCH3 is 1. The van der Waals surface area contributed by atoms with E-state index in [0.29, 0.717) is 23.0 Å². The number of phenols is 1. The van der Waals surface area contributed by atoms with Gasteiger partial charge in [0.05, 0.1) is 28.6 Å². The summed E-state index contributed by atoms with van der Waals surface area (Å²) in [6.07, 6.45) is 1.27. The van der Waals surface area contributed by atoms with E-state index in [9.17, 15) is 15.2 Å². The standard InChI is InChI=1S/C28H25N5O5/c1-4-31(5-2)18-11-10-16-12-19-27-29-20-8-6-7-9-21(20)32(27)26(30-28(19)38-23(16)15-18)17-13-22(33(35)36)25(34)24(14-17)37-3/h6-15,26,34H,4-5H2,1-3H3. The van der Waals surface area contributed by atoms with E-state index >= 15 is 0 Å². The molecule has 4 aromatic rings. The quantitative estimate of drug-likeness (QED) is 0.272. The fourth-order valence-electron chi connectivity index (χ4n) is 5.08. The second-order valence-electron chi connectivity index (χ2n) is 9.00. The Labute approximate surface area is 218 Å². The summed E-state index contributed by atoms with van der Waals surface area (Å²) in [5.41, 5.74) is 4.24. The molecule has 38 heavy (non-hydrogen) atoms. The number of ether oxygens (including phenoxy) is 2. The Balaban J connectivity index is 1.57. The molecule has 2 aliphatic rings. The van der Waals surface area contributed by atoms with Gasteiger partial charge >= 0.3 is 5.69 Å². The number of para-hydroxylation sites is 2. The first-order chi connectivity index (χ1) is 18.4. The molecular formula is C28H25N5O5. The topological polar surface area (TPSA) is 115 Å². The van der Waals surface area contributed by atoms with Crippen LogP contribution in [0.25, 0.3) is 22.7 Å². The monoisotopic (exact) mass is 511 g/mol.